The summed E-state index contributed by atoms with van der Waals surface area (Å²) in [4.78, 5) is 7.01. The van der Waals surface area contributed by atoms with Gasteiger partial charge in [0.15, 0.2) is 0 Å². The van der Waals surface area contributed by atoms with E-state index >= 15 is 0 Å². The second-order valence-corrected chi connectivity index (χ2v) is 11.7. The Balaban J connectivity index is 1.20. The van der Waals surface area contributed by atoms with Crippen molar-refractivity contribution in [2.24, 2.45) is 5.41 Å². The lowest BCUT2D eigenvalue weighted by Crippen LogP contribution is -2.61. The molecular formula is C24H27FN4O4S2. The van der Waals surface area contributed by atoms with Crippen LogP contribution in [0.3, 0.4) is 0 Å². The van der Waals surface area contributed by atoms with E-state index in [9.17, 15) is 12.8 Å². The molecule has 5 rings (SSSR count). The fourth-order valence-corrected chi connectivity index (χ4v) is 7.07. The number of nitrogens with zero attached hydrogens (tertiary/aromatic N) is 4. The molecule has 2 aliphatic rings. The van der Waals surface area contributed by atoms with Crippen molar-refractivity contribution in [3.63, 3.8) is 0 Å². The minimum atomic E-state index is -3.70. The van der Waals surface area contributed by atoms with Gasteiger partial charge in [-0.2, -0.15) is 8.68 Å². The molecule has 2 saturated heterocycles. The molecule has 186 valence electrons. The minimum absolute atomic E-state index is 0.0906. The molecule has 3 aromatic rings. The Morgan fingerprint density at radius 1 is 1.06 bits per heavy atom. The number of hydrogen-bond donors (Lipinski definition) is 0. The highest BCUT2D eigenvalue weighted by atomic mass is 32.2. The van der Waals surface area contributed by atoms with Crippen LogP contribution in [-0.2, 0) is 16.4 Å². The van der Waals surface area contributed by atoms with Crippen LogP contribution in [-0.4, -0.2) is 62.5 Å². The van der Waals surface area contributed by atoms with E-state index in [0.29, 0.717) is 31.0 Å². The minimum Gasteiger partial charge on any atom is -0.497 e. The number of hydrogen-bond acceptors (Lipinski definition) is 8. The van der Waals surface area contributed by atoms with Gasteiger partial charge in [-0.05, 0) is 42.7 Å². The van der Waals surface area contributed by atoms with Gasteiger partial charge in [0.1, 0.15) is 28.0 Å². The molecule has 1 aromatic heterocycles. The zero-order valence-electron chi connectivity index (χ0n) is 19.6. The molecule has 2 aromatic carbocycles. The predicted octanol–water partition coefficient (Wildman–Crippen LogP) is 3.58. The number of ether oxygens (including phenoxy) is 2. The smallest absolute Gasteiger partial charge is 0.246 e. The number of methoxy groups -OCH3 is 2. The van der Waals surface area contributed by atoms with E-state index in [1.165, 1.54) is 44.0 Å². The number of benzene rings is 2. The molecule has 0 radical (unpaired) electrons. The number of rotatable bonds is 7. The van der Waals surface area contributed by atoms with Crippen molar-refractivity contribution in [3.8, 4) is 11.5 Å². The number of piperidine rings is 1. The number of sulfonamides is 1. The summed E-state index contributed by atoms with van der Waals surface area (Å²) in [5, 5.41) is 0.879. The third-order valence-electron chi connectivity index (χ3n) is 6.83. The van der Waals surface area contributed by atoms with Gasteiger partial charge in [-0.1, -0.05) is 12.1 Å². The van der Waals surface area contributed by atoms with Crippen LogP contribution < -0.4 is 14.4 Å². The Labute approximate surface area is 208 Å². The first-order valence-electron chi connectivity index (χ1n) is 11.4. The predicted molar refractivity (Wildman–Crippen MR) is 131 cm³/mol. The van der Waals surface area contributed by atoms with Crippen molar-refractivity contribution >= 4 is 26.7 Å². The summed E-state index contributed by atoms with van der Waals surface area (Å²) < 4.78 is 56.4. The number of halogens is 1. The lowest BCUT2D eigenvalue weighted by molar-refractivity contribution is 0.114. The van der Waals surface area contributed by atoms with Gasteiger partial charge in [0.05, 0.1) is 14.2 Å². The second-order valence-electron chi connectivity index (χ2n) is 9.07. The van der Waals surface area contributed by atoms with Gasteiger partial charge < -0.3 is 14.4 Å². The highest BCUT2D eigenvalue weighted by Crippen LogP contribution is 2.44. The van der Waals surface area contributed by atoms with Crippen LogP contribution in [0.2, 0.25) is 0 Å². The molecule has 0 N–H and O–H groups in total. The SMILES string of the molecule is COc1ccc(OC)c(S(=O)(=O)N2CCC3(CC2)CN(c2nc(Cc4ccc(F)cc4)ns2)C3)c1. The van der Waals surface area contributed by atoms with E-state index in [0.717, 1.165) is 42.5 Å². The van der Waals surface area contributed by atoms with Crippen molar-refractivity contribution in [3.05, 3.63) is 59.7 Å². The Morgan fingerprint density at radius 2 is 1.77 bits per heavy atom. The number of aromatic nitrogens is 2. The molecule has 2 aliphatic heterocycles. The lowest BCUT2D eigenvalue weighted by atomic mass is 9.73. The first kappa shape index (κ1) is 24.0. The first-order chi connectivity index (χ1) is 16.8. The van der Waals surface area contributed by atoms with Gasteiger partial charge >= 0.3 is 0 Å². The van der Waals surface area contributed by atoms with Gasteiger partial charge in [0.25, 0.3) is 0 Å². The van der Waals surface area contributed by atoms with Crippen LogP contribution in [0.1, 0.15) is 24.2 Å². The first-order valence-corrected chi connectivity index (χ1v) is 13.6. The molecule has 0 bridgehead atoms. The topological polar surface area (TPSA) is 84.9 Å². The molecule has 8 nitrogen and oxygen atoms in total. The van der Waals surface area contributed by atoms with Crippen LogP contribution in [0.5, 0.6) is 11.5 Å². The average molecular weight is 519 g/mol. The fraction of sp³-hybridized carbons (Fsp3) is 0.417. The van der Waals surface area contributed by atoms with Crippen molar-refractivity contribution in [1.29, 1.82) is 0 Å². The Kier molecular flexibility index (Phi) is 6.41. The summed E-state index contributed by atoms with van der Waals surface area (Å²) in [6, 6.07) is 11.2. The normalized spacial score (nSPS) is 17.9. The lowest BCUT2D eigenvalue weighted by Gasteiger charge is -2.53. The Bertz CT molecular complexity index is 1300. The van der Waals surface area contributed by atoms with Crippen molar-refractivity contribution in [2.45, 2.75) is 24.2 Å². The summed E-state index contributed by atoms with van der Waals surface area (Å²) in [5.41, 5.74) is 1.06. The van der Waals surface area contributed by atoms with Crippen LogP contribution >= 0.6 is 11.5 Å². The molecular weight excluding hydrogens is 491 g/mol. The van der Waals surface area contributed by atoms with Gasteiger partial charge in [0.2, 0.25) is 15.2 Å². The van der Waals surface area contributed by atoms with E-state index < -0.39 is 10.0 Å². The molecule has 3 heterocycles. The molecule has 35 heavy (non-hydrogen) atoms. The summed E-state index contributed by atoms with van der Waals surface area (Å²) in [5.74, 6) is 1.26. The van der Waals surface area contributed by atoms with Crippen molar-refractivity contribution < 1.29 is 22.3 Å². The van der Waals surface area contributed by atoms with E-state index in [-0.39, 0.29) is 16.1 Å². The van der Waals surface area contributed by atoms with Gasteiger partial charge in [-0.15, -0.1) is 0 Å². The van der Waals surface area contributed by atoms with Crippen molar-refractivity contribution in [2.75, 3.05) is 45.3 Å². The molecule has 1 spiro atoms. The highest BCUT2D eigenvalue weighted by molar-refractivity contribution is 7.89. The zero-order valence-corrected chi connectivity index (χ0v) is 21.2. The Hall–Kier alpha value is -2.76. The molecule has 11 heteroatoms. The standard InChI is InChI=1S/C24H27FN4O4S2/c1-32-19-7-8-20(33-2)21(14-19)35(30,31)29-11-9-24(10-12-29)15-28(16-24)23-26-22(27-34-23)13-17-3-5-18(25)6-4-17/h3-8,14H,9-13,15-16H2,1-2H3. The molecule has 0 unspecified atom stereocenters. The summed E-state index contributed by atoms with van der Waals surface area (Å²) in [6.45, 7) is 2.61. The molecule has 0 aliphatic carbocycles. The van der Waals surface area contributed by atoms with Gasteiger partial charge in [-0.25, -0.2) is 17.8 Å². The monoisotopic (exact) mass is 518 g/mol. The maximum absolute atomic E-state index is 13.4. The molecule has 0 saturated carbocycles. The summed E-state index contributed by atoms with van der Waals surface area (Å²) in [6.07, 6.45) is 2.14. The second kappa shape index (κ2) is 9.36. The quantitative estimate of drug-likeness (QED) is 0.473. The zero-order chi connectivity index (χ0) is 24.6. The summed E-state index contributed by atoms with van der Waals surface area (Å²) >= 11 is 1.37. The van der Waals surface area contributed by atoms with Crippen LogP contribution in [0.4, 0.5) is 9.52 Å². The van der Waals surface area contributed by atoms with E-state index in [1.54, 1.807) is 28.6 Å². The summed E-state index contributed by atoms with van der Waals surface area (Å²) in [7, 11) is -0.721. The molecule has 0 atom stereocenters. The largest absolute Gasteiger partial charge is 0.497 e. The highest BCUT2D eigenvalue weighted by Gasteiger charge is 2.47. The fourth-order valence-electron chi connectivity index (χ4n) is 4.77. The van der Waals surface area contributed by atoms with Crippen molar-refractivity contribution in [1.82, 2.24) is 13.7 Å². The van der Waals surface area contributed by atoms with Crippen LogP contribution in [0.15, 0.2) is 47.4 Å². The van der Waals surface area contributed by atoms with Gasteiger partial charge in [-0.3, -0.25) is 0 Å². The van der Waals surface area contributed by atoms with E-state index in [2.05, 4.69) is 14.3 Å². The number of anilines is 1. The van der Waals surface area contributed by atoms with Crippen LogP contribution in [0.25, 0.3) is 0 Å². The maximum atomic E-state index is 13.4. The van der Waals surface area contributed by atoms with E-state index in [4.69, 9.17) is 9.47 Å². The molecule has 0 amide bonds. The van der Waals surface area contributed by atoms with Gasteiger partial charge in [0, 0.05) is 55.6 Å². The van der Waals surface area contributed by atoms with Crippen LogP contribution in [0, 0.1) is 11.2 Å². The third kappa shape index (κ3) is 4.72. The Morgan fingerprint density at radius 3 is 2.43 bits per heavy atom. The van der Waals surface area contributed by atoms with E-state index in [1.807, 2.05) is 0 Å². The third-order valence-corrected chi connectivity index (χ3v) is 9.56. The maximum Gasteiger partial charge on any atom is 0.246 e. The average Bonchev–Trinajstić information content (AvgIpc) is 3.31. The molecule has 2 fully saturated rings.